The minimum Gasteiger partial charge on any atom is -0.318 e. The number of halogens is 3. The number of aromatic nitrogens is 2. The summed E-state index contributed by atoms with van der Waals surface area (Å²) in [6.07, 6.45) is 0. The number of nitrogens with zero attached hydrogens (tertiary/aromatic N) is 2. The fourth-order valence-corrected chi connectivity index (χ4v) is 4.54. The Hall–Kier alpha value is -2.84. The smallest absolute Gasteiger partial charge is 0.258 e. The van der Waals surface area contributed by atoms with Gasteiger partial charge in [-0.2, -0.15) is 0 Å². The fourth-order valence-electron chi connectivity index (χ4n) is 3.30. The first-order chi connectivity index (χ1) is 14.3. The molecule has 0 aliphatic heterocycles. The fraction of sp³-hybridized carbons (Fsp3) is 0.0909. The summed E-state index contributed by atoms with van der Waals surface area (Å²) in [6, 6.07) is 12.2. The number of rotatable bonds is 4. The van der Waals surface area contributed by atoms with E-state index in [0.717, 1.165) is 28.3 Å². The Kier molecular flexibility index (Phi) is 5.53. The monoisotopic (exact) mass is 487 g/mol. The van der Waals surface area contributed by atoms with Crippen molar-refractivity contribution in [3.05, 3.63) is 87.0 Å². The van der Waals surface area contributed by atoms with E-state index < -0.39 is 5.82 Å². The van der Waals surface area contributed by atoms with E-state index in [2.05, 4.69) is 26.2 Å². The maximum atomic E-state index is 13.3. The Balaban J connectivity index is 1.61. The second-order valence-electron chi connectivity index (χ2n) is 6.71. The van der Waals surface area contributed by atoms with Gasteiger partial charge in [-0.05, 0) is 78.3 Å². The molecule has 2 aromatic heterocycles. The Morgan fingerprint density at radius 2 is 1.77 bits per heavy atom. The van der Waals surface area contributed by atoms with Gasteiger partial charge < -0.3 is 4.57 Å². The summed E-state index contributed by atoms with van der Waals surface area (Å²) in [4.78, 5) is 17.0. The van der Waals surface area contributed by atoms with Crippen LogP contribution in [0, 0.1) is 25.5 Å². The van der Waals surface area contributed by atoms with E-state index >= 15 is 0 Å². The molecule has 4 rings (SSSR count). The summed E-state index contributed by atoms with van der Waals surface area (Å²) < 4.78 is 28.9. The largest absolute Gasteiger partial charge is 0.318 e. The molecular formula is C22H16BrF2N3OS. The van der Waals surface area contributed by atoms with Crippen molar-refractivity contribution >= 4 is 38.3 Å². The predicted molar refractivity (Wildman–Crippen MR) is 118 cm³/mol. The zero-order valence-electron chi connectivity index (χ0n) is 16.0. The molecule has 0 saturated carbocycles. The van der Waals surface area contributed by atoms with Crippen LogP contribution < -0.4 is 5.32 Å². The second kappa shape index (κ2) is 8.12. The lowest BCUT2D eigenvalue weighted by atomic mass is 10.2. The van der Waals surface area contributed by atoms with Crippen LogP contribution in [0.2, 0.25) is 0 Å². The Bertz CT molecular complexity index is 1250. The van der Waals surface area contributed by atoms with Crippen molar-refractivity contribution < 1.29 is 13.6 Å². The van der Waals surface area contributed by atoms with Crippen LogP contribution in [-0.2, 0) is 0 Å². The van der Waals surface area contributed by atoms with E-state index in [9.17, 15) is 13.6 Å². The molecule has 0 unspecified atom stereocenters. The third-order valence-corrected chi connectivity index (χ3v) is 6.11. The molecule has 0 aliphatic carbocycles. The lowest BCUT2D eigenvalue weighted by Gasteiger charge is -2.09. The molecule has 1 amide bonds. The summed E-state index contributed by atoms with van der Waals surface area (Å²) in [5.74, 6) is -1.08. The van der Waals surface area contributed by atoms with Gasteiger partial charge in [0.1, 0.15) is 11.6 Å². The molecule has 2 heterocycles. The highest BCUT2D eigenvalue weighted by Gasteiger charge is 2.17. The van der Waals surface area contributed by atoms with Gasteiger partial charge in [0.25, 0.3) is 5.91 Å². The maximum Gasteiger partial charge on any atom is 0.258 e. The molecule has 4 nitrogen and oxygen atoms in total. The number of nitrogens with one attached hydrogen (secondary N) is 1. The van der Waals surface area contributed by atoms with Crippen LogP contribution in [0.25, 0.3) is 16.9 Å². The highest BCUT2D eigenvalue weighted by molar-refractivity contribution is 9.10. The summed E-state index contributed by atoms with van der Waals surface area (Å²) in [7, 11) is 0. The molecule has 0 spiro atoms. The van der Waals surface area contributed by atoms with Crippen molar-refractivity contribution in [3.63, 3.8) is 0 Å². The maximum absolute atomic E-state index is 13.3. The highest BCUT2D eigenvalue weighted by atomic mass is 79.9. The third kappa shape index (κ3) is 3.93. The molecule has 0 aliphatic rings. The Morgan fingerprint density at radius 3 is 2.47 bits per heavy atom. The van der Waals surface area contributed by atoms with Crippen LogP contribution in [0.4, 0.5) is 13.9 Å². The van der Waals surface area contributed by atoms with Crippen LogP contribution in [0.3, 0.4) is 0 Å². The molecule has 152 valence electrons. The lowest BCUT2D eigenvalue weighted by Crippen LogP contribution is -2.12. The minimum absolute atomic E-state index is 0.283. The number of hydrogen-bond donors (Lipinski definition) is 1. The summed E-state index contributed by atoms with van der Waals surface area (Å²) in [6.45, 7) is 3.94. The topological polar surface area (TPSA) is 46.9 Å². The number of amides is 1. The van der Waals surface area contributed by atoms with Crippen molar-refractivity contribution in [1.29, 1.82) is 0 Å². The number of benzene rings is 2. The molecular weight excluding hydrogens is 472 g/mol. The van der Waals surface area contributed by atoms with Gasteiger partial charge in [-0.1, -0.05) is 0 Å². The quantitative estimate of drug-likeness (QED) is 0.356. The molecule has 8 heteroatoms. The van der Waals surface area contributed by atoms with E-state index in [1.165, 1.54) is 41.7 Å². The standard InChI is InChI=1S/C22H16BrF2N3OS/c1-12-9-18(13(2)28(12)16-6-3-14(24)4-7-16)20-11-30-22(26-20)27-21(29)17-8-5-15(25)10-19(17)23/h3-11H,1-2H3,(H,26,27,29). The van der Waals surface area contributed by atoms with Gasteiger partial charge in [0.15, 0.2) is 5.13 Å². The zero-order chi connectivity index (χ0) is 21.4. The van der Waals surface area contributed by atoms with Crippen LogP contribution in [-0.4, -0.2) is 15.5 Å². The number of carbonyl (C=O) groups excluding carboxylic acids is 1. The van der Waals surface area contributed by atoms with Gasteiger partial charge in [0, 0.05) is 32.5 Å². The second-order valence-corrected chi connectivity index (χ2v) is 8.43. The van der Waals surface area contributed by atoms with E-state index in [4.69, 9.17) is 0 Å². The van der Waals surface area contributed by atoms with Crippen LogP contribution in [0.5, 0.6) is 0 Å². The first kappa shape index (κ1) is 20.4. The summed E-state index contributed by atoms with van der Waals surface area (Å²) >= 11 is 4.51. The molecule has 30 heavy (non-hydrogen) atoms. The number of thiazole rings is 1. The van der Waals surface area contributed by atoms with Crippen molar-refractivity contribution in [3.8, 4) is 16.9 Å². The first-order valence-electron chi connectivity index (χ1n) is 9.00. The van der Waals surface area contributed by atoms with Gasteiger partial charge in [-0.15, -0.1) is 11.3 Å². The van der Waals surface area contributed by atoms with E-state index in [-0.39, 0.29) is 11.7 Å². The molecule has 0 fully saturated rings. The van der Waals surface area contributed by atoms with Crippen LogP contribution in [0.1, 0.15) is 21.7 Å². The molecule has 2 aromatic carbocycles. The van der Waals surface area contributed by atoms with Crippen LogP contribution in [0.15, 0.2) is 58.4 Å². The Labute approximate surface area is 184 Å². The van der Waals surface area contributed by atoms with Crippen LogP contribution >= 0.6 is 27.3 Å². The third-order valence-electron chi connectivity index (χ3n) is 4.69. The average molecular weight is 488 g/mol. The summed E-state index contributed by atoms with van der Waals surface area (Å²) in [5.41, 5.74) is 4.79. The van der Waals surface area contributed by atoms with Crippen molar-refractivity contribution in [2.75, 3.05) is 5.32 Å². The normalized spacial score (nSPS) is 11.0. The van der Waals surface area contributed by atoms with Crippen molar-refractivity contribution in [2.24, 2.45) is 0 Å². The average Bonchev–Trinajstić information content (AvgIpc) is 3.26. The molecule has 0 atom stereocenters. The first-order valence-corrected chi connectivity index (χ1v) is 10.7. The number of aryl methyl sites for hydroxylation is 1. The van der Waals surface area contributed by atoms with Gasteiger partial charge in [-0.25, -0.2) is 13.8 Å². The number of carbonyl (C=O) groups is 1. The minimum atomic E-state index is -0.425. The summed E-state index contributed by atoms with van der Waals surface area (Å²) in [5, 5.41) is 5.06. The van der Waals surface area contributed by atoms with Gasteiger partial charge >= 0.3 is 0 Å². The van der Waals surface area contributed by atoms with E-state index in [1.807, 2.05) is 29.9 Å². The molecule has 4 aromatic rings. The van der Waals surface area contributed by atoms with Gasteiger partial charge in [0.05, 0.1) is 11.3 Å². The molecule has 0 radical (unpaired) electrons. The molecule has 1 N–H and O–H groups in total. The number of hydrogen-bond acceptors (Lipinski definition) is 3. The zero-order valence-corrected chi connectivity index (χ0v) is 18.4. The van der Waals surface area contributed by atoms with Crippen molar-refractivity contribution in [1.82, 2.24) is 9.55 Å². The molecule has 0 bridgehead atoms. The molecule has 0 saturated heterocycles. The van der Waals surface area contributed by atoms with E-state index in [1.54, 1.807) is 12.1 Å². The Morgan fingerprint density at radius 1 is 1.07 bits per heavy atom. The highest BCUT2D eigenvalue weighted by Crippen LogP contribution is 2.32. The SMILES string of the molecule is Cc1cc(-c2csc(NC(=O)c3ccc(F)cc3Br)n2)c(C)n1-c1ccc(F)cc1. The van der Waals surface area contributed by atoms with Gasteiger partial charge in [-0.3, -0.25) is 10.1 Å². The lowest BCUT2D eigenvalue weighted by molar-refractivity contribution is 0.102. The van der Waals surface area contributed by atoms with Gasteiger partial charge in [0.2, 0.25) is 0 Å². The van der Waals surface area contributed by atoms with E-state index in [0.29, 0.717) is 15.2 Å². The van der Waals surface area contributed by atoms with Crippen molar-refractivity contribution in [2.45, 2.75) is 13.8 Å². The predicted octanol–water partition coefficient (Wildman–Crippen LogP) is 6.51. The number of anilines is 1.